The predicted octanol–water partition coefficient (Wildman–Crippen LogP) is 3.11. The van der Waals surface area contributed by atoms with Gasteiger partial charge in [-0.3, -0.25) is 4.79 Å². The molecule has 1 aliphatic heterocycles. The second-order valence-electron chi connectivity index (χ2n) is 6.44. The van der Waals surface area contributed by atoms with Gasteiger partial charge in [0.25, 0.3) is 0 Å². The van der Waals surface area contributed by atoms with Crippen molar-refractivity contribution in [2.45, 2.75) is 24.4 Å². The van der Waals surface area contributed by atoms with Gasteiger partial charge in [0.15, 0.2) is 5.78 Å². The number of hydrogen-bond acceptors (Lipinski definition) is 4. The van der Waals surface area contributed by atoms with E-state index in [0.717, 1.165) is 29.7 Å². The molecule has 1 heterocycles. The Morgan fingerprint density at radius 1 is 1.15 bits per heavy atom. The first kappa shape index (κ1) is 18.1. The SMILES string of the molecule is [CH2]c1ccccc1[C@]1(C(=O)[C@H](NC(=O)OC)c2ccccc2)CCCN1. The molecule has 1 radical (unpaired) electrons. The lowest BCUT2D eigenvalue weighted by molar-refractivity contribution is -0.127. The highest BCUT2D eigenvalue weighted by Crippen LogP contribution is 2.37. The first-order chi connectivity index (χ1) is 12.6. The van der Waals surface area contributed by atoms with Gasteiger partial charge < -0.3 is 15.4 Å². The summed E-state index contributed by atoms with van der Waals surface area (Å²) in [6, 6.07) is 16.1. The van der Waals surface area contributed by atoms with Crippen molar-refractivity contribution in [1.82, 2.24) is 10.6 Å². The Morgan fingerprint density at radius 3 is 2.46 bits per heavy atom. The van der Waals surface area contributed by atoms with Gasteiger partial charge in [-0.15, -0.1) is 0 Å². The summed E-state index contributed by atoms with van der Waals surface area (Å²) in [6.45, 7) is 4.83. The molecule has 2 atom stereocenters. The van der Waals surface area contributed by atoms with Crippen LogP contribution in [-0.2, 0) is 15.1 Å². The molecule has 5 nitrogen and oxygen atoms in total. The molecule has 0 saturated carbocycles. The van der Waals surface area contributed by atoms with E-state index in [1.807, 2.05) is 54.6 Å². The number of hydrogen-bond donors (Lipinski definition) is 2. The van der Waals surface area contributed by atoms with Crippen molar-refractivity contribution in [2.24, 2.45) is 0 Å². The lowest BCUT2D eigenvalue weighted by atomic mass is 9.78. The average Bonchev–Trinajstić information content (AvgIpc) is 3.17. The number of benzene rings is 2. The number of alkyl carbamates (subject to hydrolysis) is 1. The summed E-state index contributed by atoms with van der Waals surface area (Å²) in [7, 11) is 1.29. The maximum absolute atomic E-state index is 13.7. The lowest BCUT2D eigenvalue weighted by Gasteiger charge is -2.34. The second-order valence-corrected chi connectivity index (χ2v) is 6.44. The minimum Gasteiger partial charge on any atom is -0.453 e. The number of ketones is 1. The largest absolute Gasteiger partial charge is 0.453 e. The molecule has 26 heavy (non-hydrogen) atoms. The number of Topliss-reactive ketones (excluding diaryl/α,β-unsaturated/α-hetero) is 1. The van der Waals surface area contributed by atoms with Gasteiger partial charge in [-0.25, -0.2) is 4.79 Å². The lowest BCUT2D eigenvalue weighted by Crippen LogP contribution is -2.51. The highest BCUT2D eigenvalue weighted by Gasteiger charge is 2.47. The fourth-order valence-electron chi connectivity index (χ4n) is 3.62. The molecule has 1 saturated heterocycles. The molecule has 135 valence electrons. The molecule has 2 N–H and O–H groups in total. The van der Waals surface area contributed by atoms with Crippen molar-refractivity contribution in [1.29, 1.82) is 0 Å². The molecule has 0 unspecified atom stereocenters. The second kappa shape index (κ2) is 7.70. The zero-order valence-electron chi connectivity index (χ0n) is 14.8. The summed E-state index contributed by atoms with van der Waals surface area (Å²) >= 11 is 0. The van der Waals surface area contributed by atoms with Gasteiger partial charge in [-0.2, -0.15) is 0 Å². The first-order valence-corrected chi connectivity index (χ1v) is 8.69. The quantitative estimate of drug-likeness (QED) is 0.869. The summed E-state index contributed by atoms with van der Waals surface area (Å²) in [6.07, 6.45) is 0.896. The zero-order chi connectivity index (χ0) is 18.6. The highest BCUT2D eigenvalue weighted by atomic mass is 16.5. The van der Waals surface area contributed by atoms with Crippen LogP contribution in [0.25, 0.3) is 0 Å². The summed E-state index contributed by atoms with van der Waals surface area (Å²) in [4.78, 5) is 25.6. The van der Waals surface area contributed by atoms with Crippen LogP contribution in [0.2, 0.25) is 0 Å². The maximum Gasteiger partial charge on any atom is 0.407 e. The number of nitrogens with one attached hydrogen (secondary N) is 2. The molecule has 1 fully saturated rings. The van der Waals surface area contributed by atoms with Crippen LogP contribution in [0.1, 0.15) is 35.6 Å². The Morgan fingerprint density at radius 2 is 1.85 bits per heavy atom. The fourth-order valence-corrected chi connectivity index (χ4v) is 3.62. The van der Waals surface area contributed by atoms with E-state index in [0.29, 0.717) is 6.42 Å². The topological polar surface area (TPSA) is 67.4 Å². The highest BCUT2D eigenvalue weighted by molar-refractivity contribution is 5.97. The first-order valence-electron chi connectivity index (χ1n) is 8.69. The fraction of sp³-hybridized carbons (Fsp3) is 0.286. The van der Waals surface area contributed by atoms with Crippen LogP contribution < -0.4 is 10.6 Å². The van der Waals surface area contributed by atoms with E-state index in [9.17, 15) is 9.59 Å². The minimum atomic E-state index is -0.875. The average molecular weight is 351 g/mol. The number of amides is 1. The number of carbonyl (C=O) groups excluding carboxylic acids is 2. The van der Waals surface area contributed by atoms with E-state index in [2.05, 4.69) is 17.6 Å². The van der Waals surface area contributed by atoms with E-state index in [1.165, 1.54) is 7.11 Å². The van der Waals surface area contributed by atoms with Crippen molar-refractivity contribution in [3.63, 3.8) is 0 Å². The molecule has 0 bridgehead atoms. The van der Waals surface area contributed by atoms with Crippen LogP contribution in [0, 0.1) is 6.92 Å². The number of carbonyl (C=O) groups is 2. The molecule has 3 rings (SSSR count). The van der Waals surface area contributed by atoms with Crippen LogP contribution in [0.3, 0.4) is 0 Å². The van der Waals surface area contributed by atoms with E-state index in [-0.39, 0.29) is 5.78 Å². The molecule has 0 aliphatic carbocycles. The predicted molar refractivity (Wildman–Crippen MR) is 99.5 cm³/mol. The Labute approximate surface area is 153 Å². The van der Waals surface area contributed by atoms with E-state index in [4.69, 9.17) is 4.74 Å². The summed E-state index contributed by atoms with van der Waals surface area (Å²) in [5.41, 5.74) is 1.51. The Hall–Kier alpha value is -2.66. The third-order valence-corrected chi connectivity index (χ3v) is 4.90. The molecule has 2 aromatic rings. The van der Waals surface area contributed by atoms with Crippen molar-refractivity contribution >= 4 is 11.9 Å². The smallest absolute Gasteiger partial charge is 0.407 e. The van der Waals surface area contributed by atoms with Gasteiger partial charge >= 0.3 is 6.09 Å². The van der Waals surface area contributed by atoms with Gasteiger partial charge in [-0.1, -0.05) is 54.6 Å². The minimum absolute atomic E-state index is 0.109. The molecule has 0 aromatic heterocycles. The summed E-state index contributed by atoms with van der Waals surface area (Å²) in [5, 5.41) is 6.09. The molecular formula is C21H23N2O3. The van der Waals surface area contributed by atoms with Crippen LogP contribution in [0.5, 0.6) is 0 Å². The van der Waals surface area contributed by atoms with E-state index >= 15 is 0 Å². The standard InChI is InChI=1S/C21H23N2O3/c1-15-9-6-7-12-17(15)21(13-8-14-22-21)19(24)18(23-20(25)26-2)16-10-4-3-5-11-16/h3-7,9-12,18,22H,1,8,13-14H2,2H3,(H,23,25)/t18-,21+/m1/s1. The summed E-state index contributed by atoms with van der Waals surface area (Å²) < 4.78 is 4.74. The number of methoxy groups -OCH3 is 1. The van der Waals surface area contributed by atoms with Crippen LogP contribution in [0.4, 0.5) is 4.79 Å². The van der Waals surface area contributed by atoms with Gasteiger partial charge in [0.05, 0.1) is 7.11 Å². The van der Waals surface area contributed by atoms with Crippen molar-refractivity contribution in [3.05, 3.63) is 78.2 Å². The maximum atomic E-state index is 13.7. The molecule has 2 aromatic carbocycles. The Balaban J connectivity index is 2.06. The number of ether oxygens (including phenoxy) is 1. The van der Waals surface area contributed by atoms with Crippen LogP contribution in [0.15, 0.2) is 54.6 Å². The van der Waals surface area contributed by atoms with Crippen molar-refractivity contribution in [3.8, 4) is 0 Å². The monoisotopic (exact) mass is 351 g/mol. The van der Waals surface area contributed by atoms with Crippen molar-refractivity contribution < 1.29 is 14.3 Å². The van der Waals surface area contributed by atoms with Gasteiger partial charge in [-0.05, 0) is 43.0 Å². The van der Waals surface area contributed by atoms with Crippen molar-refractivity contribution in [2.75, 3.05) is 13.7 Å². The molecular weight excluding hydrogens is 328 g/mol. The van der Waals surface area contributed by atoms with E-state index < -0.39 is 17.7 Å². The van der Waals surface area contributed by atoms with Gasteiger partial charge in [0.2, 0.25) is 0 Å². The Kier molecular flexibility index (Phi) is 5.38. The molecule has 5 heteroatoms. The Bertz CT molecular complexity index is 783. The van der Waals surface area contributed by atoms with Gasteiger partial charge in [0.1, 0.15) is 11.6 Å². The third-order valence-electron chi connectivity index (χ3n) is 4.90. The van der Waals surface area contributed by atoms with Gasteiger partial charge in [0, 0.05) is 0 Å². The molecule has 0 spiro atoms. The van der Waals surface area contributed by atoms with Crippen LogP contribution >= 0.6 is 0 Å². The normalized spacial score (nSPS) is 20.4. The summed E-state index contributed by atoms with van der Waals surface area (Å²) in [5.74, 6) is -0.109. The molecule has 1 aliphatic rings. The van der Waals surface area contributed by atoms with Crippen LogP contribution in [-0.4, -0.2) is 25.5 Å². The zero-order valence-corrected chi connectivity index (χ0v) is 14.8. The van der Waals surface area contributed by atoms with E-state index in [1.54, 1.807) is 0 Å². The molecule has 1 amide bonds. The number of rotatable bonds is 5. The third kappa shape index (κ3) is 3.35.